The number of rotatable bonds is 5. The number of aliphatic hydroxyl groups excluding tert-OH is 1. The van der Waals surface area contributed by atoms with E-state index >= 15 is 0 Å². The molecule has 1 saturated heterocycles. The molecule has 0 aromatic carbocycles. The van der Waals surface area contributed by atoms with Crippen LogP contribution in [0.3, 0.4) is 0 Å². The fourth-order valence-electron chi connectivity index (χ4n) is 1.80. The van der Waals surface area contributed by atoms with E-state index in [1.54, 1.807) is 0 Å². The Morgan fingerprint density at radius 2 is 1.93 bits per heavy atom. The lowest BCUT2D eigenvalue weighted by atomic mass is 9.86. The van der Waals surface area contributed by atoms with E-state index in [0.29, 0.717) is 18.6 Å². The van der Waals surface area contributed by atoms with Crippen molar-refractivity contribution in [3.05, 3.63) is 0 Å². The highest BCUT2D eigenvalue weighted by Gasteiger charge is 2.38. The largest absolute Gasteiger partial charge is 0.396 e. The van der Waals surface area contributed by atoms with E-state index in [0.717, 1.165) is 13.1 Å². The zero-order chi connectivity index (χ0) is 11.5. The molecule has 0 unspecified atom stereocenters. The maximum atomic E-state index is 9.31. The lowest BCUT2D eigenvalue weighted by Gasteiger charge is -2.42. The third kappa shape index (κ3) is 4.09. The lowest BCUT2D eigenvalue weighted by molar-refractivity contribution is -0.146. The first-order valence-electron chi connectivity index (χ1n) is 5.74. The van der Waals surface area contributed by atoms with Gasteiger partial charge in [-0.2, -0.15) is 0 Å². The summed E-state index contributed by atoms with van der Waals surface area (Å²) < 4.78 is 5.19. The molecule has 0 aliphatic carbocycles. The molecule has 15 heavy (non-hydrogen) atoms. The minimum Gasteiger partial charge on any atom is -0.396 e. The normalized spacial score (nSPS) is 20.4. The molecular weight excluding hydrogens is 190 g/mol. The minimum atomic E-state index is 0.0205. The van der Waals surface area contributed by atoms with Gasteiger partial charge in [0.25, 0.3) is 0 Å². The van der Waals surface area contributed by atoms with Crippen LogP contribution in [0, 0.1) is 10.8 Å². The van der Waals surface area contributed by atoms with Gasteiger partial charge in [-0.3, -0.25) is 0 Å². The van der Waals surface area contributed by atoms with Crippen molar-refractivity contribution in [3.8, 4) is 0 Å². The first kappa shape index (κ1) is 12.9. The Kier molecular flexibility index (Phi) is 4.15. The molecule has 3 heteroatoms. The number of hydrogen-bond acceptors (Lipinski definition) is 3. The highest BCUT2D eigenvalue weighted by molar-refractivity contribution is 4.87. The van der Waals surface area contributed by atoms with Gasteiger partial charge in [0.1, 0.15) is 0 Å². The van der Waals surface area contributed by atoms with Crippen LogP contribution in [0.4, 0.5) is 0 Å². The van der Waals surface area contributed by atoms with E-state index in [1.165, 1.54) is 6.42 Å². The maximum absolute atomic E-state index is 9.31. The summed E-state index contributed by atoms with van der Waals surface area (Å²) in [5, 5.41) is 9.31. The Labute approximate surface area is 93.4 Å². The highest BCUT2D eigenvalue weighted by atomic mass is 16.5. The standard InChI is InChI=1S/C12H25NO2/c1-11(2,3)5-6-13(4)7-12(8-14)9-15-10-12/h14H,5-10H2,1-4H3. The molecule has 1 aliphatic rings. The zero-order valence-corrected chi connectivity index (χ0v) is 10.5. The van der Waals surface area contributed by atoms with Gasteiger partial charge in [-0.1, -0.05) is 20.8 Å². The van der Waals surface area contributed by atoms with Gasteiger partial charge in [-0.15, -0.1) is 0 Å². The van der Waals surface area contributed by atoms with Crippen molar-refractivity contribution in [2.75, 3.05) is 40.0 Å². The van der Waals surface area contributed by atoms with E-state index in [-0.39, 0.29) is 12.0 Å². The topological polar surface area (TPSA) is 32.7 Å². The van der Waals surface area contributed by atoms with Gasteiger partial charge in [0.2, 0.25) is 0 Å². The van der Waals surface area contributed by atoms with Crippen LogP contribution in [-0.4, -0.2) is 50.0 Å². The van der Waals surface area contributed by atoms with Crippen molar-refractivity contribution in [1.29, 1.82) is 0 Å². The molecule has 0 aromatic rings. The number of aliphatic hydroxyl groups is 1. The summed E-state index contributed by atoms with van der Waals surface area (Å²) in [6.07, 6.45) is 1.19. The summed E-state index contributed by atoms with van der Waals surface area (Å²) in [6.45, 7) is 10.5. The highest BCUT2D eigenvalue weighted by Crippen LogP contribution is 2.28. The summed E-state index contributed by atoms with van der Waals surface area (Å²) in [6, 6.07) is 0. The Morgan fingerprint density at radius 3 is 2.27 bits per heavy atom. The second kappa shape index (κ2) is 4.81. The molecule has 1 fully saturated rings. The average molecular weight is 215 g/mol. The second-order valence-corrected chi connectivity index (χ2v) is 6.20. The van der Waals surface area contributed by atoms with Crippen molar-refractivity contribution in [3.63, 3.8) is 0 Å². The molecule has 1 N–H and O–H groups in total. The molecule has 0 saturated carbocycles. The average Bonchev–Trinajstić information content (AvgIpc) is 2.07. The van der Waals surface area contributed by atoms with Crippen LogP contribution in [0.15, 0.2) is 0 Å². The first-order chi connectivity index (χ1) is 6.87. The second-order valence-electron chi connectivity index (χ2n) is 6.20. The first-order valence-corrected chi connectivity index (χ1v) is 5.74. The van der Waals surface area contributed by atoms with Crippen molar-refractivity contribution in [1.82, 2.24) is 4.90 Å². The SMILES string of the molecule is CN(CCC(C)(C)C)CC1(CO)COC1. The van der Waals surface area contributed by atoms with Crippen LogP contribution in [0.1, 0.15) is 27.2 Å². The molecule has 1 aliphatic heterocycles. The fourth-order valence-corrected chi connectivity index (χ4v) is 1.80. The van der Waals surface area contributed by atoms with Crippen LogP contribution >= 0.6 is 0 Å². The summed E-state index contributed by atoms with van der Waals surface area (Å²) >= 11 is 0. The number of hydrogen-bond donors (Lipinski definition) is 1. The third-order valence-corrected chi connectivity index (χ3v) is 3.00. The molecule has 1 rings (SSSR count). The zero-order valence-electron chi connectivity index (χ0n) is 10.5. The Bertz CT molecular complexity index is 189. The van der Waals surface area contributed by atoms with Crippen LogP contribution in [0.2, 0.25) is 0 Å². The molecule has 3 nitrogen and oxygen atoms in total. The number of ether oxygens (including phenoxy) is 1. The third-order valence-electron chi connectivity index (χ3n) is 3.00. The Hall–Kier alpha value is -0.120. The Morgan fingerprint density at radius 1 is 1.33 bits per heavy atom. The summed E-state index contributed by atoms with van der Waals surface area (Å²) in [5.41, 5.74) is 0.406. The van der Waals surface area contributed by atoms with Crippen LogP contribution in [0.25, 0.3) is 0 Å². The van der Waals surface area contributed by atoms with Crippen molar-refractivity contribution >= 4 is 0 Å². The van der Waals surface area contributed by atoms with Gasteiger partial charge >= 0.3 is 0 Å². The predicted octanol–water partition coefficient (Wildman–Crippen LogP) is 1.36. The van der Waals surface area contributed by atoms with Gasteiger partial charge in [0.05, 0.1) is 25.2 Å². The molecule has 0 amide bonds. The van der Waals surface area contributed by atoms with Crippen molar-refractivity contribution < 1.29 is 9.84 Å². The molecule has 0 bridgehead atoms. The van der Waals surface area contributed by atoms with Gasteiger partial charge in [-0.25, -0.2) is 0 Å². The Balaban J connectivity index is 2.26. The fraction of sp³-hybridized carbons (Fsp3) is 1.00. The molecular formula is C12H25NO2. The summed E-state index contributed by atoms with van der Waals surface area (Å²) in [4.78, 5) is 2.31. The van der Waals surface area contributed by atoms with E-state index in [1.807, 2.05) is 0 Å². The van der Waals surface area contributed by atoms with Gasteiger partial charge in [0, 0.05) is 6.54 Å². The minimum absolute atomic E-state index is 0.0205. The smallest absolute Gasteiger partial charge is 0.0579 e. The van der Waals surface area contributed by atoms with E-state index in [4.69, 9.17) is 4.74 Å². The van der Waals surface area contributed by atoms with Crippen LogP contribution in [0.5, 0.6) is 0 Å². The predicted molar refractivity (Wildman–Crippen MR) is 61.9 cm³/mol. The quantitative estimate of drug-likeness (QED) is 0.751. The number of nitrogens with zero attached hydrogens (tertiary/aromatic N) is 1. The molecule has 90 valence electrons. The monoisotopic (exact) mass is 215 g/mol. The van der Waals surface area contributed by atoms with Crippen molar-refractivity contribution in [2.24, 2.45) is 10.8 Å². The lowest BCUT2D eigenvalue weighted by Crippen LogP contribution is -2.52. The van der Waals surface area contributed by atoms with Crippen LogP contribution < -0.4 is 0 Å². The molecule has 0 atom stereocenters. The molecule has 0 spiro atoms. The molecule has 0 radical (unpaired) electrons. The van der Waals surface area contributed by atoms with Crippen molar-refractivity contribution in [2.45, 2.75) is 27.2 Å². The van der Waals surface area contributed by atoms with Gasteiger partial charge < -0.3 is 14.7 Å². The summed E-state index contributed by atoms with van der Waals surface area (Å²) in [5.74, 6) is 0. The van der Waals surface area contributed by atoms with E-state index < -0.39 is 0 Å². The molecule has 1 heterocycles. The van der Waals surface area contributed by atoms with Crippen LogP contribution in [-0.2, 0) is 4.74 Å². The van der Waals surface area contributed by atoms with Gasteiger partial charge in [-0.05, 0) is 25.4 Å². The summed E-state index contributed by atoms with van der Waals surface area (Å²) in [7, 11) is 2.13. The van der Waals surface area contributed by atoms with E-state index in [9.17, 15) is 5.11 Å². The maximum Gasteiger partial charge on any atom is 0.0579 e. The molecule has 0 aromatic heterocycles. The van der Waals surface area contributed by atoms with Gasteiger partial charge in [0.15, 0.2) is 0 Å². The van der Waals surface area contributed by atoms with E-state index in [2.05, 4.69) is 32.7 Å².